The first-order valence-electron chi connectivity index (χ1n) is 7.53. The lowest BCUT2D eigenvalue weighted by molar-refractivity contribution is -0.142. The van der Waals surface area contributed by atoms with Crippen molar-refractivity contribution in [2.24, 2.45) is 11.8 Å². The van der Waals surface area contributed by atoms with E-state index in [0.717, 1.165) is 17.1 Å². The third-order valence-corrected chi connectivity index (χ3v) is 4.60. The highest BCUT2D eigenvalue weighted by molar-refractivity contribution is 5.80. The predicted molar refractivity (Wildman–Crippen MR) is 75.4 cm³/mol. The molecule has 22 heavy (non-hydrogen) atoms. The number of esters is 1. The lowest BCUT2D eigenvalue weighted by Crippen LogP contribution is -2.31. The van der Waals surface area contributed by atoms with Gasteiger partial charge in [0.1, 0.15) is 0 Å². The van der Waals surface area contributed by atoms with Gasteiger partial charge >= 0.3 is 5.97 Å². The second kappa shape index (κ2) is 5.19. The maximum absolute atomic E-state index is 12.3. The van der Waals surface area contributed by atoms with E-state index in [1.165, 1.54) is 0 Å². The number of carbonyl (C=O) groups excluding carboxylic acids is 2. The highest BCUT2D eigenvalue weighted by Crippen LogP contribution is 2.33. The molecule has 1 aromatic rings. The standard InChI is InChI=1S/C16H17NO5/c18-15(17-6-11-8-20-16(19)12(11)7-17)4-2-10-1-3-13-14(5-10)22-9-21-13/h1,3,5,11-12H,2,4,6-9H2/t11-,12-/m1/s1. The molecule has 0 N–H and O–H groups in total. The van der Waals surface area contributed by atoms with Crippen LogP contribution in [-0.4, -0.2) is 43.3 Å². The topological polar surface area (TPSA) is 65.1 Å². The summed E-state index contributed by atoms with van der Waals surface area (Å²) in [5, 5.41) is 0. The number of ether oxygens (including phenoxy) is 3. The maximum Gasteiger partial charge on any atom is 0.311 e. The van der Waals surface area contributed by atoms with Gasteiger partial charge < -0.3 is 19.1 Å². The summed E-state index contributed by atoms with van der Waals surface area (Å²) < 4.78 is 15.6. The lowest BCUT2D eigenvalue weighted by Gasteiger charge is -2.17. The first kappa shape index (κ1) is 13.4. The van der Waals surface area contributed by atoms with Crippen LogP contribution in [0.25, 0.3) is 0 Å². The van der Waals surface area contributed by atoms with Crippen molar-refractivity contribution < 1.29 is 23.8 Å². The van der Waals surface area contributed by atoms with Gasteiger partial charge in [-0.05, 0) is 24.1 Å². The van der Waals surface area contributed by atoms with Crippen molar-refractivity contribution in [3.63, 3.8) is 0 Å². The Kier molecular flexibility index (Phi) is 3.17. The fourth-order valence-corrected chi connectivity index (χ4v) is 3.31. The number of carbonyl (C=O) groups is 2. The zero-order chi connectivity index (χ0) is 15.1. The first-order valence-corrected chi connectivity index (χ1v) is 7.53. The molecule has 3 heterocycles. The minimum atomic E-state index is -0.156. The molecule has 4 rings (SSSR count). The second-order valence-corrected chi connectivity index (χ2v) is 5.98. The molecule has 0 radical (unpaired) electrons. The van der Waals surface area contributed by atoms with E-state index < -0.39 is 0 Å². The van der Waals surface area contributed by atoms with E-state index in [1.54, 1.807) is 4.90 Å². The molecule has 1 amide bonds. The Morgan fingerprint density at radius 2 is 2.05 bits per heavy atom. The quantitative estimate of drug-likeness (QED) is 0.779. The van der Waals surface area contributed by atoms with Crippen LogP contribution in [0, 0.1) is 11.8 Å². The number of likely N-dealkylation sites (tertiary alicyclic amines) is 1. The molecule has 0 spiro atoms. The van der Waals surface area contributed by atoms with Gasteiger partial charge in [-0.3, -0.25) is 9.59 Å². The van der Waals surface area contributed by atoms with Gasteiger partial charge in [-0.25, -0.2) is 0 Å². The Morgan fingerprint density at radius 3 is 2.91 bits per heavy atom. The summed E-state index contributed by atoms with van der Waals surface area (Å²) in [6, 6.07) is 5.75. The number of nitrogens with zero attached hydrogens (tertiary/aromatic N) is 1. The fraction of sp³-hybridized carbons (Fsp3) is 0.500. The summed E-state index contributed by atoms with van der Waals surface area (Å²) in [5.41, 5.74) is 1.05. The Labute approximate surface area is 127 Å². The van der Waals surface area contributed by atoms with Crippen molar-refractivity contribution in [3.05, 3.63) is 23.8 Å². The van der Waals surface area contributed by atoms with Crippen molar-refractivity contribution in [1.29, 1.82) is 0 Å². The number of fused-ring (bicyclic) bond motifs is 2. The molecule has 116 valence electrons. The molecule has 3 aliphatic heterocycles. The van der Waals surface area contributed by atoms with Gasteiger partial charge in [0.05, 0.1) is 12.5 Å². The van der Waals surface area contributed by atoms with E-state index >= 15 is 0 Å². The van der Waals surface area contributed by atoms with E-state index in [-0.39, 0.29) is 30.5 Å². The highest BCUT2D eigenvalue weighted by atomic mass is 16.7. The number of aryl methyl sites for hydroxylation is 1. The molecule has 0 aliphatic carbocycles. The SMILES string of the molecule is O=C1OC[C@H]2CN(C(=O)CCc3ccc4c(c3)OCO4)C[C@@H]12. The van der Waals surface area contributed by atoms with Gasteiger partial charge in [-0.1, -0.05) is 6.07 Å². The van der Waals surface area contributed by atoms with Crippen LogP contribution in [0.3, 0.4) is 0 Å². The van der Waals surface area contributed by atoms with Gasteiger partial charge in [0.15, 0.2) is 11.5 Å². The third-order valence-electron chi connectivity index (χ3n) is 4.60. The molecule has 3 aliphatic rings. The molecule has 0 bridgehead atoms. The monoisotopic (exact) mass is 303 g/mol. The Balaban J connectivity index is 1.34. The van der Waals surface area contributed by atoms with Gasteiger partial charge in [0.25, 0.3) is 0 Å². The first-order chi connectivity index (χ1) is 10.7. The fourth-order valence-electron chi connectivity index (χ4n) is 3.31. The zero-order valence-electron chi connectivity index (χ0n) is 12.1. The van der Waals surface area contributed by atoms with Crippen molar-refractivity contribution in [3.8, 4) is 11.5 Å². The molecule has 2 atom stereocenters. The summed E-state index contributed by atoms with van der Waals surface area (Å²) in [6.07, 6.45) is 1.10. The van der Waals surface area contributed by atoms with Crippen molar-refractivity contribution in [1.82, 2.24) is 4.90 Å². The van der Waals surface area contributed by atoms with Gasteiger partial charge in [-0.15, -0.1) is 0 Å². The van der Waals surface area contributed by atoms with Crippen molar-refractivity contribution in [2.75, 3.05) is 26.5 Å². The molecule has 6 nitrogen and oxygen atoms in total. The van der Waals surface area contributed by atoms with E-state index in [0.29, 0.717) is 32.5 Å². The summed E-state index contributed by atoms with van der Waals surface area (Å²) >= 11 is 0. The molecule has 0 saturated carbocycles. The normalized spacial score (nSPS) is 25.3. The number of cyclic esters (lactones) is 1. The van der Waals surface area contributed by atoms with Crippen LogP contribution in [-0.2, 0) is 20.7 Å². The number of hydrogen-bond acceptors (Lipinski definition) is 5. The number of hydrogen-bond donors (Lipinski definition) is 0. The molecular weight excluding hydrogens is 286 g/mol. The number of rotatable bonds is 3. The molecule has 2 saturated heterocycles. The minimum absolute atomic E-state index is 0.0971. The maximum atomic E-state index is 12.3. The van der Waals surface area contributed by atoms with Crippen molar-refractivity contribution >= 4 is 11.9 Å². The molecule has 2 fully saturated rings. The van der Waals surface area contributed by atoms with E-state index in [2.05, 4.69) is 0 Å². The molecule has 0 aromatic heterocycles. The molecule has 6 heteroatoms. The van der Waals surface area contributed by atoms with Crippen LogP contribution in [0.2, 0.25) is 0 Å². The summed E-state index contributed by atoms with van der Waals surface area (Å²) in [6.45, 7) is 1.85. The Hall–Kier alpha value is -2.24. The summed E-state index contributed by atoms with van der Waals surface area (Å²) in [7, 11) is 0. The van der Waals surface area contributed by atoms with Crippen LogP contribution in [0.5, 0.6) is 11.5 Å². The Morgan fingerprint density at radius 1 is 1.18 bits per heavy atom. The van der Waals surface area contributed by atoms with Gasteiger partial charge in [0.2, 0.25) is 12.7 Å². The van der Waals surface area contributed by atoms with Gasteiger partial charge in [0, 0.05) is 25.4 Å². The number of amides is 1. The Bertz CT molecular complexity index is 629. The largest absolute Gasteiger partial charge is 0.465 e. The molecular formula is C16H17NO5. The third kappa shape index (κ3) is 2.28. The smallest absolute Gasteiger partial charge is 0.311 e. The molecule has 1 aromatic carbocycles. The average Bonchev–Trinajstić information content (AvgIpc) is 3.21. The number of benzene rings is 1. The van der Waals surface area contributed by atoms with Crippen molar-refractivity contribution in [2.45, 2.75) is 12.8 Å². The van der Waals surface area contributed by atoms with E-state index in [1.807, 2.05) is 18.2 Å². The van der Waals surface area contributed by atoms with Crippen LogP contribution in [0.4, 0.5) is 0 Å². The second-order valence-electron chi connectivity index (χ2n) is 5.98. The van der Waals surface area contributed by atoms with Crippen LogP contribution in [0.1, 0.15) is 12.0 Å². The summed E-state index contributed by atoms with van der Waals surface area (Å²) in [4.78, 5) is 25.6. The predicted octanol–water partition coefficient (Wildman–Crippen LogP) is 0.979. The van der Waals surface area contributed by atoms with E-state index in [4.69, 9.17) is 14.2 Å². The van der Waals surface area contributed by atoms with Crippen LogP contribution >= 0.6 is 0 Å². The van der Waals surface area contributed by atoms with Gasteiger partial charge in [-0.2, -0.15) is 0 Å². The minimum Gasteiger partial charge on any atom is -0.465 e. The molecule has 0 unspecified atom stereocenters. The highest BCUT2D eigenvalue weighted by Gasteiger charge is 2.45. The zero-order valence-corrected chi connectivity index (χ0v) is 12.1. The average molecular weight is 303 g/mol. The van der Waals surface area contributed by atoms with Crippen LogP contribution in [0.15, 0.2) is 18.2 Å². The van der Waals surface area contributed by atoms with Crippen LogP contribution < -0.4 is 9.47 Å². The lowest BCUT2D eigenvalue weighted by atomic mass is 10.0. The van der Waals surface area contributed by atoms with E-state index in [9.17, 15) is 9.59 Å². The summed E-state index contributed by atoms with van der Waals surface area (Å²) in [5.74, 6) is 1.50.